The van der Waals surface area contributed by atoms with Gasteiger partial charge in [0, 0.05) is 22.2 Å². The van der Waals surface area contributed by atoms with Gasteiger partial charge >= 0.3 is 0 Å². The van der Waals surface area contributed by atoms with Gasteiger partial charge in [0.1, 0.15) is 0 Å². The van der Waals surface area contributed by atoms with Gasteiger partial charge in [0.2, 0.25) is 5.91 Å². The minimum atomic E-state index is -0.0432. The third-order valence-electron chi connectivity index (χ3n) is 3.53. The molecule has 1 atom stereocenters. The van der Waals surface area contributed by atoms with E-state index in [1.54, 1.807) is 0 Å². The van der Waals surface area contributed by atoms with Gasteiger partial charge in [-0.25, -0.2) is 0 Å². The Kier molecular flexibility index (Phi) is 4.40. The van der Waals surface area contributed by atoms with Crippen LogP contribution in [0.15, 0.2) is 6.07 Å². The number of nitrogens with one attached hydrogen (secondary N) is 1. The van der Waals surface area contributed by atoms with Gasteiger partial charge in [-0.15, -0.1) is 11.3 Å². The van der Waals surface area contributed by atoms with Gasteiger partial charge in [-0.2, -0.15) is 0 Å². The number of fused-ring (bicyclic) bond motifs is 1. The van der Waals surface area contributed by atoms with E-state index in [9.17, 15) is 4.79 Å². The van der Waals surface area contributed by atoms with Crippen molar-refractivity contribution in [2.75, 3.05) is 0 Å². The molecule has 3 nitrogen and oxygen atoms in total. The monoisotopic (exact) mass is 266 g/mol. The molecule has 0 fully saturated rings. The molecule has 1 unspecified atom stereocenters. The number of rotatable bonds is 5. The van der Waals surface area contributed by atoms with Crippen molar-refractivity contribution in [3.05, 3.63) is 21.4 Å². The van der Waals surface area contributed by atoms with Gasteiger partial charge in [0.05, 0.1) is 6.54 Å². The molecule has 100 valence electrons. The van der Waals surface area contributed by atoms with E-state index in [1.807, 2.05) is 25.2 Å². The van der Waals surface area contributed by atoms with Crippen LogP contribution in [0.1, 0.15) is 42.0 Å². The van der Waals surface area contributed by atoms with Crippen LogP contribution in [0.2, 0.25) is 0 Å². The zero-order chi connectivity index (χ0) is 13.1. The first-order chi connectivity index (χ1) is 8.56. The largest absolute Gasteiger partial charge is 0.351 e. The third-order valence-corrected chi connectivity index (χ3v) is 4.77. The summed E-state index contributed by atoms with van der Waals surface area (Å²) in [6.45, 7) is 4.74. The van der Waals surface area contributed by atoms with Crippen LogP contribution in [0.5, 0.6) is 0 Å². The summed E-state index contributed by atoms with van der Waals surface area (Å²) in [5, 5.41) is 2.96. The number of amides is 1. The van der Waals surface area contributed by atoms with Crippen molar-refractivity contribution in [2.45, 2.75) is 52.1 Å². The van der Waals surface area contributed by atoms with Gasteiger partial charge < -0.3 is 11.1 Å². The lowest BCUT2D eigenvalue weighted by Gasteiger charge is -2.14. The lowest BCUT2D eigenvalue weighted by molar-refractivity contribution is -0.121. The van der Waals surface area contributed by atoms with E-state index in [2.05, 4.69) is 11.4 Å². The number of carbonyl (C=O) groups excluding carboxylic acids is 1. The van der Waals surface area contributed by atoms with Crippen LogP contribution in [0.25, 0.3) is 0 Å². The summed E-state index contributed by atoms with van der Waals surface area (Å²) in [6, 6.07) is 2.20. The molecular weight excluding hydrogens is 244 g/mol. The molecule has 1 aromatic heterocycles. The number of thiophene rings is 1. The van der Waals surface area contributed by atoms with Crippen molar-refractivity contribution in [1.82, 2.24) is 5.32 Å². The molecular formula is C14H22N2OS. The number of carbonyl (C=O) groups is 1. The molecule has 0 bridgehead atoms. The summed E-state index contributed by atoms with van der Waals surface area (Å²) in [6.07, 6.45) is 4.13. The van der Waals surface area contributed by atoms with Crippen LogP contribution in [0.3, 0.4) is 0 Å². The highest BCUT2D eigenvalue weighted by Crippen LogP contribution is 2.30. The van der Waals surface area contributed by atoms with Crippen LogP contribution in [-0.2, 0) is 24.2 Å². The highest BCUT2D eigenvalue weighted by molar-refractivity contribution is 7.12. The van der Waals surface area contributed by atoms with Crippen molar-refractivity contribution >= 4 is 17.2 Å². The Hall–Kier alpha value is -0.870. The molecule has 1 aromatic rings. The normalized spacial score (nSPS) is 15.8. The summed E-state index contributed by atoms with van der Waals surface area (Å²) >= 11 is 1.84. The number of aryl methyl sites for hydroxylation is 2. The van der Waals surface area contributed by atoms with Gasteiger partial charge in [-0.05, 0) is 36.8 Å². The van der Waals surface area contributed by atoms with Crippen LogP contribution in [0, 0.1) is 5.92 Å². The molecule has 0 aromatic carbocycles. The van der Waals surface area contributed by atoms with Crippen molar-refractivity contribution in [3.8, 4) is 0 Å². The summed E-state index contributed by atoms with van der Waals surface area (Å²) in [4.78, 5) is 14.5. The zero-order valence-electron chi connectivity index (χ0n) is 11.2. The second-order valence-corrected chi connectivity index (χ2v) is 6.62. The third kappa shape index (κ3) is 3.33. The molecule has 4 heteroatoms. The van der Waals surface area contributed by atoms with Crippen LogP contribution in [-0.4, -0.2) is 11.9 Å². The van der Waals surface area contributed by atoms with Gasteiger partial charge in [0.25, 0.3) is 0 Å². The van der Waals surface area contributed by atoms with Crippen molar-refractivity contribution in [1.29, 1.82) is 0 Å². The molecule has 0 radical (unpaired) electrons. The highest BCUT2D eigenvalue weighted by atomic mass is 32.1. The minimum Gasteiger partial charge on any atom is -0.351 e. The summed E-state index contributed by atoms with van der Waals surface area (Å²) < 4.78 is 0. The Morgan fingerprint density at radius 2 is 2.28 bits per heavy atom. The fourth-order valence-electron chi connectivity index (χ4n) is 2.19. The fourth-order valence-corrected chi connectivity index (χ4v) is 3.39. The quantitative estimate of drug-likeness (QED) is 0.858. The number of hydrogen-bond donors (Lipinski definition) is 2. The maximum atomic E-state index is 11.7. The first-order valence-corrected chi connectivity index (χ1v) is 7.50. The highest BCUT2D eigenvalue weighted by Gasteiger charge is 2.16. The number of hydrogen-bond acceptors (Lipinski definition) is 3. The summed E-state index contributed by atoms with van der Waals surface area (Å²) in [7, 11) is 0. The second-order valence-electron chi connectivity index (χ2n) is 5.40. The SMILES string of the molecule is CC(C)C(N)CC(=O)NCc1cc2c(s1)CCC2. The van der Waals surface area contributed by atoms with E-state index in [0.29, 0.717) is 18.9 Å². The molecule has 1 aliphatic carbocycles. The number of nitrogens with two attached hydrogens (primary N) is 1. The van der Waals surface area contributed by atoms with Crippen LogP contribution in [0.4, 0.5) is 0 Å². The first kappa shape index (κ1) is 13.6. The summed E-state index contributed by atoms with van der Waals surface area (Å²) in [5.74, 6) is 0.408. The van der Waals surface area contributed by atoms with Crippen molar-refractivity contribution < 1.29 is 4.79 Å². The predicted octanol–water partition coefficient (Wildman–Crippen LogP) is 2.23. The van der Waals surface area contributed by atoms with Crippen molar-refractivity contribution in [3.63, 3.8) is 0 Å². The lowest BCUT2D eigenvalue weighted by atomic mass is 10.0. The molecule has 0 spiro atoms. The smallest absolute Gasteiger partial charge is 0.221 e. The van der Waals surface area contributed by atoms with Gasteiger partial charge in [0.15, 0.2) is 0 Å². The molecule has 18 heavy (non-hydrogen) atoms. The van der Waals surface area contributed by atoms with E-state index < -0.39 is 0 Å². The van der Waals surface area contributed by atoms with Crippen LogP contribution < -0.4 is 11.1 Å². The minimum absolute atomic E-state index is 0.0432. The van der Waals surface area contributed by atoms with Gasteiger partial charge in [-0.3, -0.25) is 4.79 Å². The van der Waals surface area contributed by atoms with E-state index in [1.165, 1.54) is 34.6 Å². The topological polar surface area (TPSA) is 55.1 Å². The Morgan fingerprint density at radius 3 is 2.94 bits per heavy atom. The van der Waals surface area contributed by atoms with Gasteiger partial charge in [-0.1, -0.05) is 13.8 Å². The molecule has 1 amide bonds. The van der Waals surface area contributed by atoms with E-state index in [0.717, 1.165) is 0 Å². The first-order valence-electron chi connectivity index (χ1n) is 6.69. The fraction of sp³-hybridized carbons (Fsp3) is 0.643. The average Bonchev–Trinajstić information content (AvgIpc) is 2.86. The van der Waals surface area contributed by atoms with Crippen LogP contribution >= 0.6 is 11.3 Å². The molecule has 2 rings (SSSR count). The molecule has 3 N–H and O–H groups in total. The lowest BCUT2D eigenvalue weighted by Crippen LogP contribution is -2.34. The predicted molar refractivity (Wildman–Crippen MR) is 75.6 cm³/mol. The Bertz CT molecular complexity index is 404. The van der Waals surface area contributed by atoms with Crippen molar-refractivity contribution in [2.24, 2.45) is 11.7 Å². The maximum Gasteiger partial charge on any atom is 0.221 e. The van der Waals surface area contributed by atoms with E-state index >= 15 is 0 Å². The standard InChI is InChI=1S/C14H22N2OS/c1-9(2)12(15)7-14(17)16-8-11-6-10-4-3-5-13(10)18-11/h6,9,12H,3-5,7-8,15H2,1-2H3,(H,16,17). The molecule has 1 heterocycles. The molecule has 0 saturated heterocycles. The Balaban J connectivity index is 1.78. The zero-order valence-corrected chi connectivity index (χ0v) is 12.0. The average molecular weight is 266 g/mol. The molecule has 1 aliphatic rings. The molecule has 0 saturated carbocycles. The Labute approximate surface area is 113 Å². The molecule has 0 aliphatic heterocycles. The summed E-state index contributed by atoms with van der Waals surface area (Å²) in [5.41, 5.74) is 7.38. The van der Waals surface area contributed by atoms with E-state index in [-0.39, 0.29) is 11.9 Å². The Morgan fingerprint density at radius 1 is 1.50 bits per heavy atom. The van der Waals surface area contributed by atoms with E-state index in [4.69, 9.17) is 5.73 Å². The second kappa shape index (κ2) is 5.85. The maximum absolute atomic E-state index is 11.7.